The van der Waals surface area contributed by atoms with Gasteiger partial charge in [0.15, 0.2) is 0 Å². The third-order valence-electron chi connectivity index (χ3n) is 2.97. The van der Waals surface area contributed by atoms with E-state index in [2.05, 4.69) is 10.3 Å². The van der Waals surface area contributed by atoms with E-state index >= 15 is 0 Å². The zero-order valence-corrected chi connectivity index (χ0v) is 11.4. The van der Waals surface area contributed by atoms with Crippen LogP contribution in [0.1, 0.15) is 6.92 Å². The maximum atomic E-state index is 12.0. The molecule has 0 aliphatic rings. The summed E-state index contributed by atoms with van der Waals surface area (Å²) in [6.07, 6.45) is 1.38. The van der Waals surface area contributed by atoms with Crippen LogP contribution in [-0.4, -0.2) is 26.1 Å². The van der Waals surface area contributed by atoms with Gasteiger partial charge in [-0.15, -0.1) is 0 Å². The predicted molar refractivity (Wildman–Crippen MR) is 74.5 cm³/mol. The highest BCUT2D eigenvalue weighted by Crippen LogP contribution is 2.11. The van der Waals surface area contributed by atoms with Crippen LogP contribution in [0.25, 0.3) is 11.0 Å². The topological polar surface area (TPSA) is 112 Å². The molecule has 2 aromatic rings. The fraction of sp³-hybridized carbons (Fsp3) is 0.333. The average molecular weight is 277 g/mol. The van der Waals surface area contributed by atoms with Gasteiger partial charge in [-0.1, -0.05) is 0 Å². The van der Waals surface area contributed by atoms with Crippen LogP contribution in [0.5, 0.6) is 0 Å². The van der Waals surface area contributed by atoms with Gasteiger partial charge in [0.1, 0.15) is 5.65 Å². The molecule has 0 bridgehead atoms. The van der Waals surface area contributed by atoms with Crippen molar-refractivity contribution >= 4 is 22.6 Å². The first-order valence-electron chi connectivity index (χ1n) is 5.95. The van der Waals surface area contributed by atoms with Gasteiger partial charge in [0.2, 0.25) is 5.91 Å². The minimum atomic E-state index is -0.673. The summed E-state index contributed by atoms with van der Waals surface area (Å²) >= 11 is 0. The van der Waals surface area contributed by atoms with Gasteiger partial charge in [-0.3, -0.25) is 18.7 Å². The van der Waals surface area contributed by atoms with Crippen molar-refractivity contribution in [3.8, 4) is 0 Å². The molecular formula is C12H15N5O3. The van der Waals surface area contributed by atoms with Gasteiger partial charge in [0, 0.05) is 14.1 Å². The Labute approximate surface area is 113 Å². The molecule has 0 fully saturated rings. The van der Waals surface area contributed by atoms with Crippen LogP contribution < -0.4 is 22.3 Å². The number of aryl methyl sites for hydroxylation is 1. The Morgan fingerprint density at radius 2 is 2.00 bits per heavy atom. The van der Waals surface area contributed by atoms with Crippen molar-refractivity contribution in [1.29, 1.82) is 0 Å². The number of aromatic nitrogens is 3. The Balaban J connectivity index is 2.64. The Hall–Kier alpha value is -2.48. The van der Waals surface area contributed by atoms with Crippen molar-refractivity contribution in [2.45, 2.75) is 13.0 Å². The molecule has 0 spiro atoms. The molecule has 1 atom stereocenters. The number of nitrogens with one attached hydrogen (secondary N) is 1. The number of carbonyl (C=O) groups excluding carboxylic acids is 1. The van der Waals surface area contributed by atoms with Crippen molar-refractivity contribution in [3.63, 3.8) is 0 Å². The molecule has 8 heteroatoms. The molecule has 0 saturated carbocycles. The van der Waals surface area contributed by atoms with E-state index in [-0.39, 0.29) is 16.9 Å². The van der Waals surface area contributed by atoms with Crippen LogP contribution in [0.2, 0.25) is 0 Å². The van der Waals surface area contributed by atoms with E-state index in [1.165, 1.54) is 30.9 Å². The summed E-state index contributed by atoms with van der Waals surface area (Å²) in [6.45, 7) is 1.55. The van der Waals surface area contributed by atoms with Crippen LogP contribution in [0.15, 0.2) is 21.9 Å². The van der Waals surface area contributed by atoms with Crippen LogP contribution in [0.3, 0.4) is 0 Å². The SMILES string of the molecule is CC(N)C(=O)Nc1cnc2c(c1)c(=O)n(C)c(=O)n2C. The second-order valence-electron chi connectivity index (χ2n) is 4.58. The van der Waals surface area contributed by atoms with Crippen molar-refractivity contribution in [1.82, 2.24) is 14.1 Å². The smallest absolute Gasteiger partial charge is 0.323 e. The minimum Gasteiger partial charge on any atom is -0.323 e. The van der Waals surface area contributed by atoms with Crippen LogP contribution in [-0.2, 0) is 18.9 Å². The molecule has 3 N–H and O–H groups in total. The molecule has 1 unspecified atom stereocenters. The number of nitrogens with zero attached hydrogens (tertiary/aromatic N) is 3. The van der Waals surface area contributed by atoms with Crippen LogP contribution in [0.4, 0.5) is 5.69 Å². The lowest BCUT2D eigenvalue weighted by atomic mass is 10.2. The van der Waals surface area contributed by atoms with E-state index in [0.717, 1.165) is 4.57 Å². The molecule has 2 aromatic heterocycles. The molecule has 0 aliphatic heterocycles. The monoisotopic (exact) mass is 277 g/mol. The first-order chi connectivity index (χ1) is 9.32. The van der Waals surface area contributed by atoms with Gasteiger partial charge in [-0.2, -0.15) is 0 Å². The number of carbonyl (C=O) groups is 1. The summed E-state index contributed by atoms with van der Waals surface area (Å²) in [6, 6.07) is 0.804. The van der Waals surface area contributed by atoms with E-state index < -0.39 is 17.3 Å². The average Bonchev–Trinajstić information content (AvgIpc) is 2.42. The molecule has 2 rings (SSSR count). The molecule has 20 heavy (non-hydrogen) atoms. The number of rotatable bonds is 2. The molecule has 8 nitrogen and oxygen atoms in total. The largest absolute Gasteiger partial charge is 0.332 e. The number of fused-ring (bicyclic) bond motifs is 1. The first-order valence-corrected chi connectivity index (χ1v) is 5.95. The summed E-state index contributed by atoms with van der Waals surface area (Å²) in [4.78, 5) is 39.4. The summed E-state index contributed by atoms with van der Waals surface area (Å²) in [5.41, 5.74) is 5.15. The van der Waals surface area contributed by atoms with Crippen LogP contribution >= 0.6 is 0 Å². The van der Waals surface area contributed by atoms with E-state index in [1.54, 1.807) is 6.92 Å². The van der Waals surface area contributed by atoms with Crippen molar-refractivity contribution < 1.29 is 4.79 Å². The highest BCUT2D eigenvalue weighted by atomic mass is 16.2. The third kappa shape index (κ3) is 2.21. The maximum absolute atomic E-state index is 12.0. The minimum absolute atomic E-state index is 0.247. The molecule has 0 saturated heterocycles. The molecule has 2 heterocycles. The number of amides is 1. The van der Waals surface area contributed by atoms with E-state index in [0.29, 0.717) is 5.69 Å². The second kappa shape index (κ2) is 4.89. The molecule has 0 aromatic carbocycles. The molecule has 0 aliphatic carbocycles. The Kier molecular flexibility index (Phi) is 3.41. The lowest BCUT2D eigenvalue weighted by Gasteiger charge is -2.10. The molecular weight excluding hydrogens is 262 g/mol. The summed E-state index contributed by atoms with van der Waals surface area (Å²) in [5.74, 6) is -0.382. The zero-order chi connectivity index (χ0) is 15.0. The van der Waals surface area contributed by atoms with Crippen molar-refractivity contribution in [2.24, 2.45) is 19.8 Å². The van der Waals surface area contributed by atoms with E-state index in [4.69, 9.17) is 5.73 Å². The molecule has 1 amide bonds. The quantitative estimate of drug-likeness (QED) is 0.725. The highest BCUT2D eigenvalue weighted by molar-refractivity contribution is 5.95. The van der Waals surface area contributed by atoms with E-state index in [9.17, 15) is 14.4 Å². The first kappa shape index (κ1) is 13.9. The standard InChI is InChI=1S/C12H15N5O3/c1-6(13)10(18)15-7-4-8-9(14-5-7)16(2)12(20)17(3)11(8)19/h4-6H,13H2,1-3H3,(H,15,18). The Morgan fingerprint density at radius 3 is 2.60 bits per heavy atom. The van der Waals surface area contributed by atoms with Gasteiger partial charge in [-0.25, -0.2) is 9.78 Å². The normalized spacial score (nSPS) is 12.4. The Morgan fingerprint density at radius 1 is 1.35 bits per heavy atom. The van der Waals surface area contributed by atoms with Crippen molar-refractivity contribution in [2.75, 3.05) is 5.32 Å². The second-order valence-corrected chi connectivity index (χ2v) is 4.58. The van der Waals surface area contributed by atoms with Gasteiger partial charge < -0.3 is 11.1 Å². The highest BCUT2D eigenvalue weighted by Gasteiger charge is 2.12. The van der Waals surface area contributed by atoms with E-state index in [1.807, 2.05) is 0 Å². The van der Waals surface area contributed by atoms with Gasteiger partial charge in [0.25, 0.3) is 5.56 Å². The number of hydrogen-bond acceptors (Lipinski definition) is 5. The molecule has 106 valence electrons. The number of pyridine rings is 1. The maximum Gasteiger partial charge on any atom is 0.332 e. The Bertz CT molecular complexity index is 803. The molecule has 0 radical (unpaired) electrons. The predicted octanol–water partition coefficient (Wildman–Crippen LogP) is -1.08. The van der Waals surface area contributed by atoms with Gasteiger partial charge in [-0.05, 0) is 13.0 Å². The lowest BCUT2D eigenvalue weighted by Crippen LogP contribution is -2.37. The van der Waals surface area contributed by atoms with Gasteiger partial charge >= 0.3 is 5.69 Å². The zero-order valence-electron chi connectivity index (χ0n) is 11.4. The fourth-order valence-electron chi connectivity index (χ4n) is 1.79. The van der Waals surface area contributed by atoms with Crippen LogP contribution in [0, 0.1) is 0 Å². The number of hydrogen-bond donors (Lipinski definition) is 2. The number of nitrogens with two attached hydrogens (primary N) is 1. The van der Waals surface area contributed by atoms with Crippen molar-refractivity contribution in [3.05, 3.63) is 33.1 Å². The third-order valence-corrected chi connectivity index (χ3v) is 2.97. The summed E-state index contributed by atoms with van der Waals surface area (Å²) < 4.78 is 2.26. The van der Waals surface area contributed by atoms with Gasteiger partial charge in [0.05, 0.1) is 23.3 Å². The number of anilines is 1. The fourth-order valence-corrected chi connectivity index (χ4v) is 1.79. The summed E-state index contributed by atoms with van der Waals surface area (Å²) in [7, 11) is 2.91. The summed E-state index contributed by atoms with van der Waals surface area (Å²) in [5, 5.41) is 2.80. The lowest BCUT2D eigenvalue weighted by molar-refractivity contribution is -0.117.